The summed E-state index contributed by atoms with van der Waals surface area (Å²) in [6.07, 6.45) is 0.211. The van der Waals surface area contributed by atoms with Crippen LogP contribution in [-0.2, 0) is 0 Å². The fraction of sp³-hybridized carbons (Fsp3) is 0.333. The first-order chi connectivity index (χ1) is 8.19. The number of β-amino-alcohol motifs (C(OH)–C–C–N with tert-alkyl or cyclic N) is 1. The minimum absolute atomic E-state index is 0.216. The molecule has 1 saturated heterocycles. The van der Waals surface area contributed by atoms with E-state index < -0.39 is 6.10 Å². The highest BCUT2D eigenvalue weighted by Gasteiger charge is 2.24. The summed E-state index contributed by atoms with van der Waals surface area (Å²) in [6.45, 7) is 0.950. The molecule has 0 bridgehead atoms. The van der Waals surface area contributed by atoms with Gasteiger partial charge in [-0.3, -0.25) is 0 Å². The second kappa shape index (κ2) is 4.85. The number of likely N-dealkylation sites (tertiary alicyclic amines) is 1. The summed E-state index contributed by atoms with van der Waals surface area (Å²) in [7, 11) is 0. The molecule has 1 fully saturated rings. The molecule has 0 aromatic heterocycles. The van der Waals surface area contributed by atoms with E-state index in [2.05, 4.69) is 5.32 Å². The van der Waals surface area contributed by atoms with Gasteiger partial charge in [0.15, 0.2) is 0 Å². The predicted molar refractivity (Wildman–Crippen MR) is 62.4 cm³/mol. The molecule has 0 unspecified atom stereocenters. The molecule has 1 aromatic rings. The zero-order valence-electron chi connectivity index (χ0n) is 9.26. The number of nitrogens with one attached hydrogen (secondary N) is 1. The van der Waals surface area contributed by atoms with Crippen molar-refractivity contribution in [1.29, 1.82) is 5.26 Å². The summed E-state index contributed by atoms with van der Waals surface area (Å²) in [5.74, 6) is 0. The molecule has 17 heavy (non-hydrogen) atoms. The maximum Gasteiger partial charge on any atom is 0.321 e. The highest BCUT2D eigenvalue weighted by molar-refractivity contribution is 5.89. The van der Waals surface area contributed by atoms with Gasteiger partial charge in [0, 0.05) is 18.8 Å². The van der Waals surface area contributed by atoms with Crippen molar-refractivity contribution >= 4 is 11.7 Å². The van der Waals surface area contributed by atoms with Gasteiger partial charge in [0.05, 0.1) is 17.7 Å². The second-order valence-electron chi connectivity index (χ2n) is 4.01. The van der Waals surface area contributed by atoms with Crippen LogP contribution in [0.25, 0.3) is 0 Å². The fourth-order valence-electron chi connectivity index (χ4n) is 1.76. The van der Waals surface area contributed by atoms with Crippen molar-refractivity contribution < 1.29 is 9.90 Å². The van der Waals surface area contributed by atoms with Crippen molar-refractivity contribution in [2.75, 3.05) is 18.4 Å². The number of nitriles is 1. The van der Waals surface area contributed by atoms with Gasteiger partial charge >= 0.3 is 6.03 Å². The van der Waals surface area contributed by atoms with Gasteiger partial charge in [-0.15, -0.1) is 0 Å². The molecule has 0 aliphatic carbocycles. The summed E-state index contributed by atoms with van der Waals surface area (Å²) in [4.78, 5) is 13.3. The maximum absolute atomic E-state index is 11.8. The summed E-state index contributed by atoms with van der Waals surface area (Å²) < 4.78 is 0. The van der Waals surface area contributed by atoms with Gasteiger partial charge < -0.3 is 15.3 Å². The summed E-state index contributed by atoms with van der Waals surface area (Å²) in [5.41, 5.74) is 1.20. The maximum atomic E-state index is 11.8. The molecule has 2 N–H and O–H groups in total. The molecule has 5 nitrogen and oxygen atoms in total. The Morgan fingerprint density at radius 2 is 2.18 bits per heavy atom. The third kappa shape index (κ3) is 2.74. The predicted octanol–water partition coefficient (Wildman–Crippen LogP) is 1.16. The Kier molecular flexibility index (Phi) is 3.26. The van der Waals surface area contributed by atoms with E-state index in [0.29, 0.717) is 30.8 Å². The molecule has 0 radical (unpaired) electrons. The van der Waals surface area contributed by atoms with Crippen molar-refractivity contribution in [3.8, 4) is 6.07 Å². The van der Waals surface area contributed by atoms with Crippen molar-refractivity contribution in [1.82, 2.24) is 4.90 Å². The number of nitrogens with zero attached hydrogens (tertiary/aromatic N) is 2. The quantitative estimate of drug-likeness (QED) is 0.761. The number of amides is 2. The van der Waals surface area contributed by atoms with E-state index in [-0.39, 0.29) is 6.03 Å². The van der Waals surface area contributed by atoms with Crippen molar-refractivity contribution in [3.63, 3.8) is 0 Å². The number of hydrogen-bond acceptors (Lipinski definition) is 3. The van der Waals surface area contributed by atoms with Crippen molar-refractivity contribution in [2.45, 2.75) is 12.5 Å². The summed E-state index contributed by atoms with van der Waals surface area (Å²) in [5, 5.41) is 20.7. The number of hydrogen-bond donors (Lipinski definition) is 2. The first-order valence-electron chi connectivity index (χ1n) is 5.43. The fourth-order valence-corrected chi connectivity index (χ4v) is 1.76. The van der Waals surface area contributed by atoms with Gasteiger partial charge in [-0.05, 0) is 30.7 Å². The highest BCUT2D eigenvalue weighted by atomic mass is 16.3. The standard InChI is InChI=1S/C12H13N3O2/c13-7-9-1-3-10(4-2-9)14-12(17)15-6-5-11(16)8-15/h1-4,11,16H,5-6,8H2,(H,14,17)/t11-/m0/s1. The lowest BCUT2D eigenvalue weighted by molar-refractivity contribution is 0.176. The molecular weight excluding hydrogens is 218 g/mol. The summed E-state index contributed by atoms with van der Waals surface area (Å²) >= 11 is 0. The van der Waals surface area contributed by atoms with E-state index in [9.17, 15) is 9.90 Å². The lowest BCUT2D eigenvalue weighted by atomic mass is 10.2. The molecule has 5 heteroatoms. The average molecular weight is 231 g/mol. The topological polar surface area (TPSA) is 76.4 Å². The highest BCUT2D eigenvalue weighted by Crippen LogP contribution is 2.13. The molecule has 0 saturated carbocycles. The number of aliphatic hydroxyl groups is 1. The second-order valence-corrected chi connectivity index (χ2v) is 4.01. The minimum atomic E-state index is -0.415. The third-order valence-electron chi connectivity index (χ3n) is 2.72. The SMILES string of the molecule is N#Cc1ccc(NC(=O)N2CC[C@H](O)C2)cc1. The molecular formula is C12H13N3O2. The number of carbonyl (C=O) groups excluding carboxylic acids is 1. The van der Waals surface area contributed by atoms with Crippen molar-refractivity contribution in [3.05, 3.63) is 29.8 Å². The van der Waals surface area contributed by atoms with Gasteiger partial charge in [-0.25, -0.2) is 4.79 Å². The molecule has 2 rings (SSSR count). The van der Waals surface area contributed by atoms with Gasteiger partial charge in [0.1, 0.15) is 0 Å². The molecule has 2 amide bonds. The van der Waals surface area contributed by atoms with Crippen LogP contribution in [0.5, 0.6) is 0 Å². The zero-order valence-corrected chi connectivity index (χ0v) is 9.26. The normalized spacial score (nSPS) is 18.8. The molecule has 1 aliphatic rings. The van der Waals surface area contributed by atoms with Gasteiger partial charge in [0.25, 0.3) is 0 Å². The Hall–Kier alpha value is -2.06. The Balaban J connectivity index is 1.96. The number of carbonyl (C=O) groups is 1. The average Bonchev–Trinajstić information content (AvgIpc) is 2.77. The van der Waals surface area contributed by atoms with Crippen LogP contribution in [0, 0.1) is 11.3 Å². The van der Waals surface area contributed by atoms with Gasteiger partial charge in [0.2, 0.25) is 0 Å². The Morgan fingerprint density at radius 3 is 2.71 bits per heavy atom. The Bertz CT molecular complexity index is 450. The minimum Gasteiger partial charge on any atom is -0.391 e. The number of aliphatic hydroxyl groups excluding tert-OH is 1. The van der Waals surface area contributed by atoms with E-state index in [1.165, 1.54) is 0 Å². The van der Waals surface area contributed by atoms with Crippen LogP contribution in [0.3, 0.4) is 0 Å². The largest absolute Gasteiger partial charge is 0.391 e. The van der Waals surface area contributed by atoms with E-state index in [1.54, 1.807) is 29.2 Å². The summed E-state index contributed by atoms with van der Waals surface area (Å²) in [6, 6.07) is 8.46. The van der Waals surface area contributed by atoms with Crippen LogP contribution in [0.4, 0.5) is 10.5 Å². The number of benzene rings is 1. The van der Waals surface area contributed by atoms with E-state index in [4.69, 9.17) is 5.26 Å². The van der Waals surface area contributed by atoms with Gasteiger partial charge in [-0.1, -0.05) is 0 Å². The van der Waals surface area contributed by atoms with Crippen LogP contribution in [0.15, 0.2) is 24.3 Å². The van der Waals surface area contributed by atoms with Gasteiger partial charge in [-0.2, -0.15) is 5.26 Å². The smallest absolute Gasteiger partial charge is 0.321 e. The number of urea groups is 1. The Labute approximate surface area is 99.3 Å². The molecule has 1 heterocycles. The van der Waals surface area contributed by atoms with Crippen LogP contribution < -0.4 is 5.32 Å². The van der Waals surface area contributed by atoms with Crippen LogP contribution in [0.2, 0.25) is 0 Å². The van der Waals surface area contributed by atoms with E-state index in [1.807, 2.05) is 6.07 Å². The van der Waals surface area contributed by atoms with Crippen LogP contribution >= 0.6 is 0 Å². The van der Waals surface area contributed by atoms with E-state index >= 15 is 0 Å². The van der Waals surface area contributed by atoms with E-state index in [0.717, 1.165) is 0 Å². The molecule has 0 spiro atoms. The Morgan fingerprint density at radius 1 is 1.47 bits per heavy atom. The molecule has 1 aromatic carbocycles. The number of anilines is 1. The molecule has 1 aliphatic heterocycles. The zero-order chi connectivity index (χ0) is 12.3. The first kappa shape index (κ1) is 11.4. The monoisotopic (exact) mass is 231 g/mol. The van der Waals surface area contributed by atoms with Crippen LogP contribution in [0.1, 0.15) is 12.0 Å². The molecule has 88 valence electrons. The lowest BCUT2D eigenvalue weighted by Gasteiger charge is -2.16. The van der Waals surface area contributed by atoms with Crippen molar-refractivity contribution in [2.24, 2.45) is 0 Å². The first-order valence-corrected chi connectivity index (χ1v) is 5.43. The van der Waals surface area contributed by atoms with Crippen LogP contribution in [-0.4, -0.2) is 35.2 Å². The third-order valence-corrected chi connectivity index (χ3v) is 2.72. The number of rotatable bonds is 1. The molecule has 1 atom stereocenters. The lowest BCUT2D eigenvalue weighted by Crippen LogP contribution is -2.33.